The minimum Gasteiger partial charge on any atom is -0.382 e. The highest BCUT2D eigenvalue weighted by molar-refractivity contribution is 7.79. The lowest BCUT2D eigenvalue weighted by Gasteiger charge is -1.92. The van der Waals surface area contributed by atoms with E-state index in [2.05, 4.69) is 17.7 Å². The smallest absolute Gasteiger partial charge is 0.145 e. The molecule has 0 aliphatic carbocycles. The first kappa shape index (κ1) is 6.48. The molecule has 3 nitrogen and oxygen atoms in total. The summed E-state index contributed by atoms with van der Waals surface area (Å²) in [6.07, 6.45) is 0. The van der Waals surface area contributed by atoms with Crippen LogP contribution >= 0.6 is 12.6 Å². The first-order valence-corrected chi connectivity index (χ1v) is 3.26. The number of aromatic nitrogens is 2. The van der Waals surface area contributed by atoms with E-state index in [0.29, 0.717) is 11.6 Å². The Morgan fingerprint density at radius 2 is 2.56 bits per heavy atom. The average Bonchev–Trinajstić information content (AvgIpc) is 2.10. The quantitative estimate of drug-likeness (QED) is 0.560. The Morgan fingerprint density at radius 1 is 1.89 bits per heavy atom. The summed E-state index contributed by atoms with van der Waals surface area (Å²) < 4.78 is 1.72. The van der Waals surface area contributed by atoms with E-state index >= 15 is 0 Å². The summed E-state index contributed by atoms with van der Waals surface area (Å²) in [6, 6.07) is 1.81. The van der Waals surface area contributed by atoms with E-state index in [4.69, 9.17) is 5.73 Å². The Balaban J connectivity index is 3.01. The maximum Gasteiger partial charge on any atom is 0.145 e. The largest absolute Gasteiger partial charge is 0.382 e. The van der Waals surface area contributed by atoms with Crippen molar-refractivity contribution in [2.75, 3.05) is 5.73 Å². The van der Waals surface area contributed by atoms with E-state index in [1.54, 1.807) is 4.68 Å². The van der Waals surface area contributed by atoms with Crippen molar-refractivity contribution < 1.29 is 0 Å². The molecule has 9 heavy (non-hydrogen) atoms. The van der Waals surface area contributed by atoms with E-state index in [-0.39, 0.29) is 0 Å². The molecule has 4 heteroatoms. The van der Waals surface area contributed by atoms with Gasteiger partial charge in [-0.15, -0.1) is 0 Å². The second kappa shape index (κ2) is 2.31. The highest BCUT2D eigenvalue weighted by atomic mass is 32.1. The topological polar surface area (TPSA) is 43.8 Å². The second-order valence-corrected chi connectivity index (χ2v) is 2.16. The molecule has 50 valence electrons. The Labute approximate surface area is 59.3 Å². The van der Waals surface area contributed by atoms with Gasteiger partial charge in [-0.25, -0.2) is 0 Å². The highest BCUT2D eigenvalue weighted by Gasteiger charge is 1.97. The normalized spacial score (nSPS) is 10.0. The molecule has 0 aliphatic rings. The molecule has 0 radical (unpaired) electrons. The summed E-state index contributed by atoms with van der Waals surface area (Å²) in [4.78, 5) is 0. The molecule has 0 bridgehead atoms. The van der Waals surface area contributed by atoms with Crippen LogP contribution in [0.2, 0.25) is 0 Å². The second-order valence-electron chi connectivity index (χ2n) is 1.84. The molecule has 0 saturated carbocycles. The number of nitrogens with zero attached hydrogens (tertiary/aromatic N) is 2. The number of thiol groups is 1. The van der Waals surface area contributed by atoms with E-state index in [1.165, 1.54) is 0 Å². The number of aryl methyl sites for hydroxylation is 1. The van der Waals surface area contributed by atoms with Gasteiger partial charge in [0.25, 0.3) is 0 Å². The summed E-state index contributed by atoms with van der Waals surface area (Å²) >= 11 is 4.08. The van der Waals surface area contributed by atoms with Gasteiger partial charge < -0.3 is 5.73 Å². The molecule has 0 fully saturated rings. The third kappa shape index (κ3) is 1.18. The van der Waals surface area contributed by atoms with Crippen LogP contribution < -0.4 is 5.73 Å². The summed E-state index contributed by atoms with van der Waals surface area (Å²) in [5.41, 5.74) is 6.43. The van der Waals surface area contributed by atoms with E-state index in [1.807, 2.05) is 13.1 Å². The van der Waals surface area contributed by atoms with Gasteiger partial charge in [-0.3, -0.25) is 4.68 Å². The molecule has 0 aromatic carbocycles. The van der Waals surface area contributed by atoms with Gasteiger partial charge in [0.2, 0.25) is 0 Å². The molecule has 1 rings (SSSR count). The number of hydrogen-bond donors (Lipinski definition) is 2. The SMILES string of the molecule is Cn1nc(N)cc1CS. The van der Waals surface area contributed by atoms with Crippen LogP contribution in [0, 0.1) is 0 Å². The van der Waals surface area contributed by atoms with Crippen LogP contribution in [0.25, 0.3) is 0 Å². The molecule has 2 N–H and O–H groups in total. The fourth-order valence-corrected chi connectivity index (χ4v) is 0.974. The van der Waals surface area contributed by atoms with Gasteiger partial charge >= 0.3 is 0 Å². The van der Waals surface area contributed by atoms with Crippen molar-refractivity contribution in [1.82, 2.24) is 9.78 Å². The van der Waals surface area contributed by atoms with Gasteiger partial charge in [-0.1, -0.05) is 0 Å². The van der Waals surface area contributed by atoms with Crippen LogP contribution in [0.15, 0.2) is 6.07 Å². The van der Waals surface area contributed by atoms with Crippen molar-refractivity contribution in [3.63, 3.8) is 0 Å². The zero-order valence-electron chi connectivity index (χ0n) is 5.20. The average molecular weight is 143 g/mol. The molecular weight excluding hydrogens is 134 g/mol. The fourth-order valence-electron chi connectivity index (χ4n) is 0.678. The molecular formula is C5H9N3S. The summed E-state index contributed by atoms with van der Waals surface area (Å²) in [5.74, 6) is 1.24. The standard InChI is InChI=1S/C5H9N3S/c1-8-4(3-9)2-5(6)7-8/h2,9H,3H2,1H3,(H2,6,7). The molecule has 0 atom stereocenters. The van der Waals surface area contributed by atoms with Crippen molar-refractivity contribution >= 4 is 18.4 Å². The predicted molar refractivity (Wildman–Crippen MR) is 40.3 cm³/mol. The van der Waals surface area contributed by atoms with Crippen molar-refractivity contribution in [2.24, 2.45) is 7.05 Å². The predicted octanol–water partition coefficient (Wildman–Crippen LogP) is 0.432. The Kier molecular flexibility index (Phi) is 1.66. The van der Waals surface area contributed by atoms with Gasteiger partial charge in [0.05, 0.1) is 0 Å². The molecule has 0 spiro atoms. The minimum absolute atomic E-state index is 0.557. The van der Waals surface area contributed by atoms with Gasteiger partial charge in [-0.2, -0.15) is 17.7 Å². The third-order valence-corrected chi connectivity index (χ3v) is 1.48. The molecule has 0 amide bonds. The fraction of sp³-hybridized carbons (Fsp3) is 0.400. The van der Waals surface area contributed by atoms with Gasteiger partial charge in [0.15, 0.2) is 0 Å². The van der Waals surface area contributed by atoms with E-state index < -0.39 is 0 Å². The van der Waals surface area contributed by atoms with E-state index in [0.717, 1.165) is 5.69 Å². The molecule has 1 aromatic heterocycles. The van der Waals surface area contributed by atoms with Gasteiger partial charge in [0.1, 0.15) is 5.82 Å². The van der Waals surface area contributed by atoms with Crippen molar-refractivity contribution in [3.8, 4) is 0 Å². The Hall–Kier alpha value is -0.640. The lowest BCUT2D eigenvalue weighted by Crippen LogP contribution is -1.95. The number of anilines is 1. The molecule has 1 aromatic rings. The summed E-state index contributed by atoms with van der Waals surface area (Å²) in [7, 11) is 1.85. The summed E-state index contributed by atoms with van der Waals surface area (Å²) in [5, 5.41) is 3.93. The maximum atomic E-state index is 5.39. The van der Waals surface area contributed by atoms with E-state index in [9.17, 15) is 0 Å². The van der Waals surface area contributed by atoms with Crippen LogP contribution in [0.1, 0.15) is 5.69 Å². The molecule has 0 unspecified atom stereocenters. The lowest BCUT2D eigenvalue weighted by molar-refractivity contribution is 0.740. The maximum absolute atomic E-state index is 5.39. The molecule has 0 saturated heterocycles. The van der Waals surface area contributed by atoms with Gasteiger partial charge in [0, 0.05) is 24.6 Å². The number of rotatable bonds is 1. The monoisotopic (exact) mass is 143 g/mol. The van der Waals surface area contributed by atoms with Crippen LogP contribution in [-0.4, -0.2) is 9.78 Å². The number of hydrogen-bond acceptors (Lipinski definition) is 3. The van der Waals surface area contributed by atoms with Crippen molar-refractivity contribution in [1.29, 1.82) is 0 Å². The van der Waals surface area contributed by atoms with Crippen LogP contribution in [0.5, 0.6) is 0 Å². The van der Waals surface area contributed by atoms with Crippen LogP contribution in [0.4, 0.5) is 5.82 Å². The first-order chi connectivity index (χ1) is 4.24. The molecule has 1 heterocycles. The van der Waals surface area contributed by atoms with Crippen molar-refractivity contribution in [3.05, 3.63) is 11.8 Å². The lowest BCUT2D eigenvalue weighted by atomic mass is 10.5. The Bertz CT molecular complexity index is 206. The third-order valence-electron chi connectivity index (χ3n) is 1.16. The van der Waals surface area contributed by atoms with Crippen LogP contribution in [0.3, 0.4) is 0 Å². The number of nitrogen functional groups attached to an aromatic ring is 1. The molecule has 0 aliphatic heterocycles. The summed E-state index contributed by atoms with van der Waals surface area (Å²) in [6.45, 7) is 0. The zero-order valence-corrected chi connectivity index (χ0v) is 6.10. The number of nitrogens with two attached hydrogens (primary N) is 1. The zero-order chi connectivity index (χ0) is 6.85. The minimum atomic E-state index is 0.557. The highest BCUT2D eigenvalue weighted by Crippen LogP contribution is 2.05. The van der Waals surface area contributed by atoms with Gasteiger partial charge in [-0.05, 0) is 0 Å². The van der Waals surface area contributed by atoms with Crippen molar-refractivity contribution in [2.45, 2.75) is 5.75 Å². The first-order valence-electron chi connectivity index (χ1n) is 2.63. The Morgan fingerprint density at radius 3 is 2.78 bits per heavy atom. The van der Waals surface area contributed by atoms with Crippen LogP contribution in [-0.2, 0) is 12.8 Å².